The molecular weight excluding hydrogens is 396 g/mol. The Labute approximate surface area is 176 Å². The van der Waals surface area contributed by atoms with Crippen molar-refractivity contribution in [3.8, 4) is 11.5 Å². The van der Waals surface area contributed by atoms with E-state index in [-0.39, 0.29) is 5.56 Å². The molecule has 0 bridgehead atoms. The van der Waals surface area contributed by atoms with Crippen molar-refractivity contribution in [1.82, 2.24) is 9.38 Å². The Kier molecular flexibility index (Phi) is 4.69. The van der Waals surface area contributed by atoms with Crippen LogP contribution in [-0.4, -0.2) is 16.5 Å². The van der Waals surface area contributed by atoms with E-state index in [9.17, 15) is 4.79 Å². The van der Waals surface area contributed by atoms with Crippen LogP contribution in [0.15, 0.2) is 77.6 Å². The second kappa shape index (κ2) is 7.65. The first-order valence-corrected chi connectivity index (χ1v) is 10.3. The van der Waals surface area contributed by atoms with Crippen LogP contribution in [0, 0.1) is 0 Å². The lowest BCUT2D eigenvalue weighted by molar-refractivity contribution is 0.284. The van der Waals surface area contributed by atoms with Crippen LogP contribution in [0.25, 0.3) is 22.1 Å². The van der Waals surface area contributed by atoms with Crippen molar-refractivity contribution in [3.63, 3.8) is 0 Å². The molecule has 0 amide bonds. The highest BCUT2D eigenvalue weighted by molar-refractivity contribution is 7.15. The number of nitrogens with zero attached hydrogens (tertiary/aromatic N) is 2. The number of fused-ring (bicyclic) bond motifs is 3. The summed E-state index contributed by atoms with van der Waals surface area (Å²) in [7, 11) is 1.61. The minimum absolute atomic E-state index is 0.0828. The van der Waals surface area contributed by atoms with Crippen LogP contribution < -0.4 is 19.6 Å². The molecule has 2 aromatic heterocycles. The highest BCUT2D eigenvalue weighted by atomic mass is 32.1. The molecule has 0 aliphatic heterocycles. The molecule has 0 spiro atoms. The summed E-state index contributed by atoms with van der Waals surface area (Å²) in [5.74, 6) is 1.23. The number of ether oxygens (including phenoxy) is 2. The van der Waals surface area contributed by atoms with Crippen LogP contribution in [0.3, 0.4) is 0 Å². The van der Waals surface area contributed by atoms with Gasteiger partial charge >= 0.3 is 0 Å². The van der Waals surface area contributed by atoms with Crippen molar-refractivity contribution in [2.75, 3.05) is 7.11 Å². The van der Waals surface area contributed by atoms with Gasteiger partial charge in [0.2, 0.25) is 0 Å². The fourth-order valence-electron chi connectivity index (χ4n) is 3.44. The summed E-state index contributed by atoms with van der Waals surface area (Å²) in [4.78, 5) is 18.3. The van der Waals surface area contributed by atoms with Gasteiger partial charge in [-0.1, -0.05) is 65.9 Å². The molecule has 2 heterocycles. The lowest BCUT2D eigenvalue weighted by Crippen LogP contribution is -2.22. The molecule has 0 saturated heterocycles. The summed E-state index contributed by atoms with van der Waals surface area (Å²) in [5, 5.41) is 0. The van der Waals surface area contributed by atoms with Crippen molar-refractivity contribution in [1.29, 1.82) is 0 Å². The lowest BCUT2D eigenvalue weighted by atomic mass is 10.1. The maximum Gasteiger partial charge on any atom is 0.274 e. The summed E-state index contributed by atoms with van der Waals surface area (Å²) >= 11 is 1.37. The van der Waals surface area contributed by atoms with Crippen LogP contribution in [0.4, 0.5) is 0 Å². The van der Waals surface area contributed by atoms with Gasteiger partial charge < -0.3 is 9.47 Å². The maximum absolute atomic E-state index is 13.1. The summed E-state index contributed by atoms with van der Waals surface area (Å²) in [6, 6.07) is 23.2. The zero-order valence-corrected chi connectivity index (χ0v) is 17.1. The highest BCUT2D eigenvalue weighted by Gasteiger charge is 2.13. The first-order chi connectivity index (χ1) is 14.7. The summed E-state index contributed by atoms with van der Waals surface area (Å²) in [6.45, 7) is 0.407. The lowest BCUT2D eigenvalue weighted by Gasteiger charge is -2.13. The number of thiazole rings is 1. The third-order valence-corrected chi connectivity index (χ3v) is 5.86. The number of aromatic nitrogens is 2. The number of imidazole rings is 1. The van der Waals surface area contributed by atoms with Crippen molar-refractivity contribution in [2.24, 2.45) is 0 Å². The van der Waals surface area contributed by atoms with E-state index in [1.165, 1.54) is 11.3 Å². The van der Waals surface area contributed by atoms with E-state index in [1.807, 2.05) is 78.9 Å². The molecule has 3 aromatic carbocycles. The smallest absolute Gasteiger partial charge is 0.274 e. The minimum Gasteiger partial charge on any atom is -0.493 e. The Bertz CT molecular complexity index is 1450. The molecule has 5 aromatic rings. The molecule has 0 saturated carbocycles. The number of methoxy groups -OCH3 is 1. The maximum atomic E-state index is 13.1. The number of rotatable bonds is 5. The predicted molar refractivity (Wildman–Crippen MR) is 119 cm³/mol. The van der Waals surface area contributed by atoms with E-state index in [1.54, 1.807) is 11.5 Å². The molecule has 0 aliphatic carbocycles. The van der Waals surface area contributed by atoms with Gasteiger partial charge in [-0.25, -0.2) is 9.38 Å². The van der Waals surface area contributed by atoms with E-state index >= 15 is 0 Å². The Hall–Kier alpha value is -3.64. The number of benzene rings is 3. The number of hydrogen-bond donors (Lipinski definition) is 0. The van der Waals surface area contributed by atoms with Gasteiger partial charge in [0.15, 0.2) is 16.5 Å². The zero-order chi connectivity index (χ0) is 20.5. The van der Waals surface area contributed by atoms with Crippen LogP contribution in [0.2, 0.25) is 0 Å². The van der Waals surface area contributed by atoms with Crippen LogP contribution in [0.5, 0.6) is 11.5 Å². The SMILES string of the molecule is COc1cccc(/C=c2\sc3nc4ccccc4n3c2=O)c1OCc1ccccc1. The Balaban J connectivity index is 1.61. The summed E-state index contributed by atoms with van der Waals surface area (Å²) < 4.78 is 13.9. The van der Waals surface area contributed by atoms with E-state index in [2.05, 4.69) is 4.98 Å². The van der Waals surface area contributed by atoms with Gasteiger partial charge in [0.1, 0.15) is 6.61 Å². The number of hydrogen-bond acceptors (Lipinski definition) is 5. The van der Waals surface area contributed by atoms with E-state index in [0.717, 1.165) is 22.2 Å². The second-order valence-electron chi connectivity index (χ2n) is 6.79. The Morgan fingerprint density at radius 1 is 1.00 bits per heavy atom. The van der Waals surface area contributed by atoms with Gasteiger partial charge in [0, 0.05) is 5.56 Å². The molecule has 148 valence electrons. The van der Waals surface area contributed by atoms with Gasteiger partial charge in [-0.05, 0) is 29.8 Å². The minimum atomic E-state index is -0.0828. The van der Waals surface area contributed by atoms with Crippen molar-refractivity contribution < 1.29 is 9.47 Å². The normalized spacial score (nSPS) is 12.0. The second-order valence-corrected chi connectivity index (χ2v) is 7.80. The molecule has 0 unspecified atom stereocenters. The Morgan fingerprint density at radius 3 is 2.63 bits per heavy atom. The average Bonchev–Trinajstić information content (AvgIpc) is 3.29. The molecule has 0 radical (unpaired) electrons. The molecular formula is C24H18N2O3S. The molecule has 5 rings (SSSR count). The highest BCUT2D eigenvalue weighted by Crippen LogP contribution is 2.32. The molecule has 6 heteroatoms. The molecule has 0 fully saturated rings. The first kappa shape index (κ1) is 18.4. The fraction of sp³-hybridized carbons (Fsp3) is 0.0833. The van der Waals surface area contributed by atoms with Crippen molar-refractivity contribution in [2.45, 2.75) is 6.61 Å². The van der Waals surface area contributed by atoms with Crippen molar-refractivity contribution in [3.05, 3.63) is 98.8 Å². The van der Waals surface area contributed by atoms with E-state index < -0.39 is 0 Å². The van der Waals surface area contributed by atoms with Crippen LogP contribution in [0.1, 0.15) is 11.1 Å². The first-order valence-electron chi connectivity index (χ1n) is 9.50. The fourth-order valence-corrected chi connectivity index (χ4v) is 4.42. The largest absolute Gasteiger partial charge is 0.493 e. The standard InChI is InChI=1S/C24H18N2O3S/c1-28-20-13-7-10-17(22(20)29-15-16-8-3-2-4-9-16)14-21-23(27)26-19-12-6-5-11-18(19)25-24(26)30-21/h2-14H,15H2,1H3/b21-14-. The average molecular weight is 414 g/mol. The molecule has 5 nitrogen and oxygen atoms in total. The zero-order valence-electron chi connectivity index (χ0n) is 16.2. The topological polar surface area (TPSA) is 52.8 Å². The molecule has 0 aliphatic rings. The van der Waals surface area contributed by atoms with Gasteiger partial charge in [-0.3, -0.25) is 4.79 Å². The molecule has 30 heavy (non-hydrogen) atoms. The van der Waals surface area contributed by atoms with Crippen LogP contribution >= 0.6 is 11.3 Å². The van der Waals surface area contributed by atoms with Gasteiger partial charge in [0.05, 0.1) is 22.7 Å². The molecule has 0 N–H and O–H groups in total. The van der Waals surface area contributed by atoms with E-state index in [0.29, 0.717) is 27.6 Å². The third kappa shape index (κ3) is 3.21. The predicted octanol–water partition coefficient (Wildman–Crippen LogP) is 4.04. The molecule has 0 atom stereocenters. The monoisotopic (exact) mass is 414 g/mol. The van der Waals surface area contributed by atoms with Crippen molar-refractivity contribution >= 4 is 33.4 Å². The van der Waals surface area contributed by atoms with E-state index in [4.69, 9.17) is 9.47 Å². The van der Waals surface area contributed by atoms with Gasteiger partial charge in [-0.2, -0.15) is 0 Å². The number of para-hydroxylation sites is 3. The van der Waals surface area contributed by atoms with Gasteiger partial charge in [0.25, 0.3) is 5.56 Å². The Morgan fingerprint density at radius 2 is 1.80 bits per heavy atom. The van der Waals surface area contributed by atoms with Crippen LogP contribution in [-0.2, 0) is 6.61 Å². The summed E-state index contributed by atoms with van der Waals surface area (Å²) in [6.07, 6.45) is 1.85. The summed E-state index contributed by atoms with van der Waals surface area (Å²) in [5.41, 5.74) is 3.40. The van der Waals surface area contributed by atoms with Gasteiger partial charge in [-0.15, -0.1) is 0 Å². The quantitative estimate of drug-likeness (QED) is 0.436. The third-order valence-electron chi connectivity index (χ3n) is 4.89.